The Morgan fingerprint density at radius 1 is 1.00 bits per heavy atom. The number of anilines is 1. The average molecular weight is 358 g/mol. The van der Waals surface area contributed by atoms with Crippen LogP contribution in [0.3, 0.4) is 0 Å². The molecule has 0 aliphatic rings. The maximum Gasteiger partial charge on any atom is 0.263 e. The smallest absolute Gasteiger partial charge is 0.263 e. The average Bonchev–Trinajstić information content (AvgIpc) is 3.09. The maximum absolute atomic E-state index is 13.0. The van der Waals surface area contributed by atoms with Gasteiger partial charge in [0, 0.05) is 19.2 Å². The Morgan fingerprint density at radius 2 is 1.64 bits per heavy atom. The minimum Gasteiger partial charge on any atom is -0.496 e. The molecule has 1 amide bonds. The van der Waals surface area contributed by atoms with Crippen molar-refractivity contribution >= 4 is 32.6 Å². The minimum atomic E-state index is -0.239. The number of methoxy groups -OCH3 is 3. The first-order chi connectivity index (χ1) is 12.1. The fraction of sp³-hybridized carbons (Fsp3) is 0.222. The van der Waals surface area contributed by atoms with Crippen molar-refractivity contribution in [2.24, 2.45) is 0 Å². The van der Waals surface area contributed by atoms with Crippen LogP contribution in [0, 0.1) is 0 Å². The summed E-state index contributed by atoms with van der Waals surface area (Å²) in [5.41, 5.74) is 1.24. The van der Waals surface area contributed by atoms with Crippen molar-refractivity contribution in [1.29, 1.82) is 0 Å². The van der Waals surface area contributed by atoms with Gasteiger partial charge in [-0.2, -0.15) is 0 Å². The van der Waals surface area contributed by atoms with E-state index >= 15 is 0 Å². The van der Waals surface area contributed by atoms with Gasteiger partial charge in [-0.3, -0.25) is 9.69 Å². The number of ether oxygens (including phenoxy) is 3. The van der Waals surface area contributed by atoms with Crippen LogP contribution in [0.2, 0.25) is 0 Å². The largest absolute Gasteiger partial charge is 0.496 e. The minimum absolute atomic E-state index is 0.239. The Bertz CT molecular complexity index is 890. The number of hydrogen-bond acceptors (Lipinski definition) is 6. The fourth-order valence-corrected chi connectivity index (χ4v) is 3.39. The van der Waals surface area contributed by atoms with E-state index in [1.54, 1.807) is 19.2 Å². The predicted octanol–water partition coefficient (Wildman–Crippen LogP) is 3.60. The summed E-state index contributed by atoms with van der Waals surface area (Å²) < 4.78 is 16.9. The number of aromatic nitrogens is 1. The highest BCUT2D eigenvalue weighted by molar-refractivity contribution is 7.22. The van der Waals surface area contributed by atoms with Gasteiger partial charge in [0.25, 0.3) is 5.91 Å². The van der Waals surface area contributed by atoms with Gasteiger partial charge in [-0.15, -0.1) is 0 Å². The Hall–Kier alpha value is -2.80. The monoisotopic (exact) mass is 358 g/mol. The number of amides is 1. The van der Waals surface area contributed by atoms with Crippen molar-refractivity contribution in [3.63, 3.8) is 0 Å². The number of fused-ring (bicyclic) bond motifs is 1. The number of hydrogen-bond donors (Lipinski definition) is 0. The lowest BCUT2D eigenvalue weighted by Gasteiger charge is -2.18. The number of rotatable bonds is 5. The summed E-state index contributed by atoms with van der Waals surface area (Å²) in [6.45, 7) is 0. The van der Waals surface area contributed by atoms with Crippen LogP contribution in [0.5, 0.6) is 17.2 Å². The number of benzene rings is 2. The van der Waals surface area contributed by atoms with E-state index in [1.807, 2.05) is 24.3 Å². The molecule has 0 saturated heterocycles. The van der Waals surface area contributed by atoms with Gasteiger partial charge in [0.2, 0.25) is 0 Å². The Kier molecular flexibility index (Phi) is 4.76. The zero-order chi connectivity index (χ0) is 18.0. The van der Waals surface area contributed by atoms with E-state index in [-0.39, 0.29) is 5.91 Å². The van der Waals surface area contributed by atoms with Crippen molar-refractivity contribution < 1.29 is 19.0 Å². The van der Waals surface area contributed by atoms with Crippen LogP contribution in [0.25, 0.3) is 10.2 Å². The Labute approximate surface area is 149 Å². The first kappa shape index (κ1) is 17.0. The van der Waals surface area contributed by atoms with Crippen LogP contribution >= 0.6 is 11.3 Å². The third-order valence-corrected chi connectivity index (χ3v) is 4.92. The molecule has 3 aromatic rings. The van der Waals surface area contributed by atoms with E-state index < -0.39 is 0 Å². The van der Waals surface area contributed by atoms with E-state index in [0.717, 1.165) is 10.2 Å². The zero-order valence-electron chi connectivity index (χ0n) is 14.4. The summed E-state index contributed by atoms with van der Waals surface area (Å²) in [5, 5.41) is 0.614. The second-order valence-electron chi connectivity index (χ2n) is 5.24. The van der Waals surface area contributed by atoms with Crippen LogP contribution in [-0.2, 0) is 0 Å². The SMILES string of the molecule is COc1cc(OC)c(C(=O)N(C)c2nc3ccccc3s2)cc1OC. The summed E-state index contributed by atoms with van der Waals surface area (Å²) in [5.74, 6) is 1.13. The highest BCUT2D eigenvalue weighted by Gasteiger charge is 2.23. The molecule has 0 spiro atoms. The second-order valence-corrected chi connectivity index (χ2v) is 6.24. The van der Waals surface area contributed by atoms with E-state index in [2.05, 4.69) is 4.98 Å². The van der Waals surface area contributed by atoms with E-state index in [1.165, 1.54) is 37.6 Å². The van der Waals surface area contributed by atoms with Gasteiger partial charge in [0.1, 0.15) is 5.75 Å². The molecule has 6 nitrogen and oxygen atoms in total. The lowest BCUT2D eigenvalue weighted by atomic mass is 10.1. The molecule has 0 bridgehead atoms. The quantitative estimate of drug-likeness (QED) is 0.697. The number of para-hydroxylation sites is 1. The molecule has 0 aliphatic carbocycles. The van der Waals surface area contributed by atoms with Gasteiger partial charge in [-0.05, 0) is 12.1 Å². The third-order valence-electron chi connectivity index (χ3n) is 3.81. The summed E-state index contributed by atoms with van der Waals surface area (Å²) in [4.78, 5) is 19.0. The number of thiazole rings is 1. The van der Waals surface area contributed by atoms with Crippen LogP contribution in [0.1, 0.15) is 10.4 Å². The van der Waals surface area contributed by atoms with Gasteiger partial charge in [0.15, 0.2) is 16.6 Å². The van der Waals surface area contributed by atoms with Gasteiger partial charge < -0.3 is 14.2 Å². The molecule has 0 radical (unpaired) electrons. The van der Waals surface area contributed by atoms with Crippen LogP contribution < -0.4 is 19.1 Å². The highest BCUT2D eigenvalue weighted by atomic mass is 32.1. The van der Waals surface area contributed by atoms with E-state index in [4.69, 9.17) is 14.2 Å². The first-order valence-electron chi connectivity index (χ1n) is 7.52. The lowest BCUT2D eigenvalue weighted by molar-refractivity contribution is 0.0989. The molecule has 0 fully saturated rings. The van der Waals surface area contributed by atoms with Crippen molar-refractivity contribution in [1.82, 2.24) is 4.98 Å². The third kappa shape index (κ3) is 3.10. The molecule has 0 unspecified atom stereocenters. The van der Waals surface area contributed by atoms with Crippen molar-refractivity contribution in [2.75, 3.05) is 33.3 Å². The molecule has 7 heteroatoms. The molecule has 1 aromatic heterocycles. The highest BCUT2D eigenvalue weighted by Crippen LogP contribution is 2.36. The second kappa shape index (κ2) is 6.98. The lowest BCUT2D eigenvalue weighted by Crippen LogP contribution is -2.26. The topological polar surface area (TPSA) is 60.9 Å². The van der Waals surface area contributed by atoms with Crippen molar-refractivity contribution in [2.45, 2.75) is 0 Å². The van der Waals surface area contributed by atoms with Crippen molar-refractivity contribution in [3.05, 3.63) is 42.0 Å². The molecule has 2 aromatic carbocycles. The molecular weight excluding hydrogens is 340 g/mol. The Morgan fingerprint density at radius 3 is 2.28 bits per heavy atom. The molecular formula is C18H18N2O4S. The fourth-order valence-electron chi connectivity index (χ4n) is 2.47. The van der Waals surface area contributed by atoms with Crippen LogP contribution in [-0.4, -0.2) is 39.3 Å². The van der Waals surface area contributed by atoms with Crippen LogP contribution in [0.4, 0.5) is 5.13 Å². The number of nitrogens with zero attached hydrogens (tertiary/aromatic N) is 2. The zero-order valence-corrected chi connectivity index (χ0v) is 15.2. The summed E-state index contributed by atoms with van der Waals surface area (Å²) in [6, 6.07) is 11.0. The van der Waals surface area contributed by atoms with Gasteiger partial charge >= 0.3 is 0 Å². The molecule has 3 rings (SSSR count). The molecule has 0 saturated carbocycles. The summed E-state index contributed by atoms with van der Waals surface area (Å²) in [6.07, 6.45) is 0. The Balaban J connectivity index is 2.01. The molecule has 0 aliphatic heterocycles. The van der Waals surface area contributed by atoms with Crippen molar-refractivity contribution in [3.8, 4) is 17.2 Å². The molecule has 0 N–H and O–H groups in total. The first-order valence-corrected chi connectivity index (χ1v) is 8.34. The molecule has 0 atom stereocenters. The number of carbonyl (C=O) groups is 1. The van der Waals surface area contributed by atoms with Gasteiger partial charge in [-0.25, -0.2) is 4.98 Å². The summed E-state index contributed by atoms with van der Waals surface area (Å²) >= 11 is 1.46. The van der Waals surface area contributed by atoms with E-state index in [0.29, 0.717) is 27.9 Å². The standard InChI is InChI=1S/C18H18N2O4S/c1-20(18-19-12-7-5-6-8-16(12)25-18)17(21)11-9-14(23-3)15(24-4)10-13(11)22-2/h5-10H,1-4H3. The number of carbonyl (C=O) groups excluding carboxylic acids is 1. The predicted molar refractivity (Wildman–Crippen MR) is 98.5 cm³/mol. The van der Waals surface area contributed by atoms with E-state index in [9.17, 15) is 4.79 Å². The molecule has 25 heavy (non-hydrogen) atoms. The van der Waals surface area contributed by atoms with Crippen LogP contribution in [0.15, 0.2) is 36.4 Å². The van der Waals surface area contributed by atoms with Gasteiger partial charge in [0.05, 0.1) is 37.1 Å². The molecule has 1 heterocycles. The van der Waals surface area contributed by atoms with Gasteiger partial charge in [-0.1, -0.05) is 23.5 Å². The normalized spacial score (nSPS) is 10.6. The molecule has 130 valence electrons. The summed E-state index contributed by atoms with van der Waals surface area (Å²) in [7, 11) is 6.26. The maximum atomic E-state index is 13.0.